The number of aromatic amines is 1. The Morgan fingerprint density at radius 2 is 1.96 bits per heavy atom. The van der Waals surface area contributed by atoms with Gasteiger partial charge in [0, 0.05) is 11.6 Å². The average molecular weight is 410 g/mol. The van der Waals surface area contributed by atoms with Crippen molar-refractivity contribution in [1.29, 1.82) is 0 Å². The molecule has 0 saturated carbocycles. The number of nitrogens with one attached hydrogen (secondary N) is 1. The maximum absolute atomic E-state index is 12.3. The minimum absolute atomic E-state index is 0.232. The molecule has 0 bridgehead atoms. The van der Waals surface area contributed by atoms with E-state index < -0.39 is 41.8 Å². The summed E-state index contributed by atoms with van der Waals surface area (Å²) in [7, 11) is 0. The highest BCUT2D eigenvalue weighted by Crippen LogP contribution is 2.20. The van der Waals surface area contributed by atoms with Gasteiger partial charge in [-0.3, -0.25) is 19.1 Å². The molecule has 1 heterocycles. The third-order valence-corrected chi connectivity index (χ3v) is 4.24. The van der Waals surface area contributed by atoms with Crippen LogP contribution in [0.1, 0.15) is 29.3 Å². The van der Waals surface area contributed by atoms with E-state index in [-0.39, 0.29) is 12.4 Å². The number of nitrogens with two attached hydrogens (primary N) is 1. The number of ether oxygens (including phenoxy) is 2. The summed E-state index contributed by atoms with van der Waals surface area (Å²) in [5.41, 5.74) is 4.51. The van der Waals surface area contributed by atoms with Crippen LogP contribution in [-0.2, 0) is 16.1 Å². The molecule has 1 aromatic heterocycles. The third-order valence-electron chi connectivity index (χ3n) is 3.82. The number of H-pyrrole nitrogens is 1. The quantitative estimate of drug-likeness (QED) is 0.495. The van der Waals surface area contributed by atoms with Gasteiger partial charge < -0.3 is 15.2 Å². The molecule has 10 heteroatoms. The molecule has 0 fully saturated rings. The Bertz CT molecular complexity index is 1010. The van der Waals surface area contributed by atoms with Crippen molar-refractivity contribution in [3.8, 4) is 5.75 Å². The molecule has 0 spiro atoms. The fourth-order valence-corrected chi connectivity index (χ4v) is 2.53. The lowest BCUT2D eigenvalue weighted by molar-refractivity contribution is -0.144. The van der Waals surface area contributed by atoms with E-state index in [4.69, 9.17) is 26.8 Å². The zero-order valence-corrected chi connectivity index (χ0v) is 16.2. The van der Waals surface area contributed by atoms with Crippen LogP contribution in [-0.4, -0.2) is 34.5 Å². The number of carbonyl (C=O) groups is 2. The predicted molar refractivity (Wildman–Crippen MR) is 103 cm³/mol. The zero-order chi connectivity index (χ0) is 20.8. The van der Waals surface area contributed by atoms with Crippen LogP contribution in [0, 0.1) is 6.92 Å². The van der Waals surface area contributed by atoms with Gasteiger partial charge in [-0.05, 0) is 37.1 Å². The lowest BCUT2D eigenvalue weighted by Crippen LogP contribution is -2.37. The van der Waals surface area contributed by atoms with E-state index in [1.165, 1.54) is 0 Å². The summed E-state index contributed by atoms with van der Waals surface area (Å²) >= 11 is 5.91. The van der Waals surface area contributed by atoms with Crippen molar-refractivity contribution < 1.29 is 19.1 Å². The molecule has 9 nitrogen and oxygen atoms in total. The van der Waals surface area contributed by atoms with E-state index in [9.17, 15) is 19.2 Å². The fourth-order valence-electron chi connectivity index (χ4n) is 2.41. The Labute approximate surface area is 165 Å². The maximum atomic E-state index is 12.3. The summed E-state index contributed by atoms with van der Waals surface area (Å²) < 4.78 is 11.2. The SMILES string of the molecule is CCCn1c(N)c(C(=O)COC(=O)COc2ccc(Cl)c(C)c2)c(=O)[nH]c1=O. The van der Waals surface area contributed by atoms with Gasteiger partial charge in [0.1, 0.15) is 17.1 Å². The molecular weight excluding hydrogens is 390 g/mol. The molecule has 3 N–H and O–H groups in total. The van der Waals surface area contributed by atoms with Crippen LogP contribution < -0.4 is 21.7 Å². The number of ketones is 1. The number of nitrogen functional groups attached to an aromatic ring is 1. The van der Waals surface area contributed by atoms with Crippen molar-refractivity contribution in [2.45, 2.75) is 26.8 Å². The van der Waals surface area contributed by atoms with Gasteiger partial charge in [0.2, 0.25) is 5.78 Å². The number of anilines is 1. The van der Waals surface area contributed by atoms with Crippen LogP contribution in [0.5, 0.6) is 5.75 Å². The van der Waals surface area contributed by atoms with E-state index in [2.05, 4.69) is 0 Å². The standard InChI is InChI=1S/C18H20ClN3O6/c1-3-6-22-16(20)15(17(25)21-18(22)26)13(23)8-28-14(24)9-27-11-4-5-12(19)10(2)7-11/h4-5,7H,3,6,8-9,20H2,1-2H3,(H,21,25,26). The van der Waals surface area contributed by atoms with Gasteiger partial charge in [-0.25, -0.2) is 9.59 Å². The molecule has 2 rings (SSSR count). The van der Waals surface area contributed by atoms with Crippen molar-refractivity contribution in [3.63, 3.8) is 0 Å². The second-order valence-electron chi connectivity index (χ2n) is 5.95. The first-order valence-corrected chi connectivity index (χ1v) is 8.82. The number of rotatable bonds is 8. The molecule has 0 aliphatic rings. The number of carbonyl (C=O) groups excluding carboxylic acids is 2. The van der Waals surface area contributed by atoms with Gasteiger partial charge in [0.05, 0.1) is 0 Å². The molecule has 0 aliphatic carbocycles. The molecule has 0 radical (unpaired) electrons. The molecule has 0 atom stereocenters. The van der Waals surface area contributed by atoms with Crippen LogP contribution in [0.3, 0.4) is 0 Å². The molecule has 0 saturated heterocycles. The summed E-state index contributed by atoms with van der Waals surface area (Å²) in [5.74, 6) is -1.47. The largest absolute Gasteiger partial charge is 0.482 e. The fraction of sp³-hybridized carbons (Fsp3) is 0.333. The molecule has 28 heavy (non-hydrogen) atoms. The molecular formula is C18H20ClN3O6. The van der Waals surface area contributed by atoms with Gasteiger partial charge in [0.15, 0.2) is 13.2 Å². The Morgan fingerprint density at radius 3 is 2.61 bits per heavy atom. The van der Waals surface area contributed by atoms with E-state index >= 15 is 0 Å². The van der Waals surface area contributed by atoms with Crippen molar-refractivity contribution in [3.05, 3.63) is 55.2 Å². The molecule has 0 amide bonds. The first kappa shape index (κ1) is 21.2. The summed E-state index contributed by atoms with van der Waals surface area (Å²) in [5, 5.41) is 0.563. The molecule has 150 valence electrons. The molecule has 1 aromatic carbocycles. The summed E-state index contributed by atoms with van der Waals surface area (Å²) in [6.07, 6.45) is 0.570. The first-order chi connectivity index (χ1) is 13.2. The van der Waals surface area contributed by atoms with E-state index in [1.807, 2.05) is 11.9 Å². The lowest BCUT2D eigenvalue weighted by Gasteiger charge is -2.11. The maximum Gasteiger partial charge on any atom is 0.344 e. The number of aromatic nitrogens is 2. The topological polar surface area (TPSA) is 133 Å². The van der Waals surface area contributed by atoms with Gasteiger partial charge in [-0.2, -0.15) is 0 Å². The monoisotopic (exact) mass is 409 g/mol. The Hall–Kier alpha value is -3.07. The minimum atomic E-state index is -0.927. The lowest BCUT2D eigenvalue weighted by atomic mass is 10.2. The van der Waals surface area contributed by atoms with Crippen molar-refractivity contribution in [2.24, 2.45) is 0 Å². The van der Waals surface area contributed by atoms with Crippen molar-refractivity contribution in [2.75, 3.05) is 18.9 Å². The molecule has 0 unspecified atom stereocenters. The van der Waals surface area contributed by atoms with Gasteiger partial charge in [-0.15, -0.1) is 0 Å². The highest BCUT2D eigenvalue weighted by Gasteiger charge is 2.20. The van der Waals surface area contributed by atoms with Crippen molar-refractivity contribution in [1.82, 2.24) is 9.55 Å². The normalized spacial score (nSPS) is 10.5. The highest BCUT2D eigenvalue weighted by atomic mass is 35.5. The number of hydrogen-bond acceptors (Lipinski definition) is 7. The van der Waals surface area contributed by atoms with Crippen LogP contribution in [0.15, 0.2) is 27.8 Å². The Balaban J connectivity index is 2.00. The Kier molecular flexibility index (Phi) is 7.00. The second-order valence-corrected chi connectivity index (χ2v) is 6.36. The molecule has 2 aromatic rings. The number of benzene rings is 1. The number of Topliss-reactive ketones (excluding diaryl/α,β-unsaturated/α-hetero) is 1. The van der Waals surface area contributed by atoms with Crippen LogP contribution >= 0.6 is 11.6 Å². The summed E-state index contributed by atoms with van der Waals surface area (Å²) in [4.78, 5) is 49.8. The number of esters is 1. The van der Waals surface area contributed by atoms with Crippen LogP contribution in [0.25, 0.3) is 0 Å². The van der Waals surface area contributed by atoms with Crippen molar-refractivity contribution >= 4 is 29.2 Å². The second kappa shape index (κ2) is 9.23. The van der Waals surface area contributed by atoms with Crippen LogP contribution in [0.4, 0.5) is 5.82 Å². The van der Waals surface area contributed by atoms with E-state index in [0.29, 0.717) is 17.2 Å². The number of halogens is 1. The van der Waals surface area contributed by atoms with Gasteiger partial charge in [0.25, 0.3) is 5.56 Å². The zero-order valence-electron chi connectivity index (χ0n) is 15.4. The van der Waals surface area contributed by atoms with Gasteiger partial charge in [-0.1, -0.05) is 18.5 Å². The summed E-state index contributed by atoms with van der Waals surface area (Å²) in [6.45, 7) is 2.68. The molecule has 0 aliphatic heterocycles. The predicted octanol–water partition coefficient (Wildman–Crippen LogP) is 1.30. The Morgan fingerprint density at radius 1 is 1.25 bits per heavy atom. The summed E-state index contributed by atoms with van der Waals surface area (Å²) in [6, 6.07) is 4.87. The third kappa shape index (κ3) is 5.01. The van der Waals surface area contributed by atoms with Crippen LogP contribution in [0.2, 0.25) is 5.02 Å². The number of hydrogen-bond donors (Lipinski definition) is 2. The highest BCUT2D eigenvalue weighted by molar-refractivity contribution is 6.31. The van der Waals surface area contributed by atoms with E-state index in [0.717, 1.165) is 10.1 Å². The smallest absolute Gasteiger partial charge is 0.344 e. The first-order valence-electron chi connectivity index (χ1n) is 8.45. The van der Waals surface area contributed by atoms with E-state index in [1.54, 1.807) is 25.1 Å². The van der Waals surface area contributed by atoms with Gasteiger partial charge >= 0.3 is 11.7 Å². The average Bonchev–Trinajstić information content (AvgIpc) is 2.64. The number of nitrogens with zero attached hydrogens (tertiary/aromatic N) is 1. The number of aryl methyl sites for hydroxylation is 1. The minimum Gasteiger partial charge on any atom is -0.482 e.